The van der Waals surface area contributed by atoms with Crippen LogP contribution in [-0.2, 0) is 14.4 Å². The van der Waals surface area contributed by atoms with E-state index in [1.807, 2.05) is 0 Å². The number of aliphatic hydroxyl groups excluding tert-OH is 1. The van der Waals surface area contributed by atoms with E-state index in [-0.39, 0.29) is 12.5 Å². The predicted octanol–water partition coefficient (Wildman–Crippen LogP) is 1.45. The van der Waals surface area contributed by atoms with Gasteiger partial charge < -0.3 is 30.5 Å². The fourth-order valence-corrected chi connectivity index (χ4v) is 2.51. The third-order valence-electron chi connectivity index (χ3n) is 3.90. The summed E-state index contributed by atoms with van der Waals surface area (Å²) in [7, 11) is 2.97. The SMILES string of the molecule is COc1ccc(C(O)CNC(=O)C(=O)Nc2cccc(NC(C)=O)c2)cc1OC. The van der Waals surface area contributed by atoms with E-state index in [1.165, 1.54) is 27.2 Å². The van der Waals surface area contributed by atoms with Crippen molar-refractivity contribution >= 4 is 29.1 Å². The molecule has 0 saturated heterocycles. The molecule has 0 heterocycles. The number of hydrogen-bond acceptors (Lipinski definition) is 6. The molecule has 9 heteroatoms. The van der Waals surface area contributed by atoms with Gasteiger partial charge in [-0.2, -0.15) is 0 Å². The Morgan fingerprint density at radius 1 is 0.931 bits per heavy atom. The molecular weight excluding hydrogens is 378 g/mol. The van der Waals surface area contributed by atoms with Crippen LogP contribution in [0.1, 0.15) is 18.6 Å². The molecule has 1 atom stereocenters. The molecule has 3 amide bonds. The van der Waals surface area contributed by atoms with Crippen LogP contribution in [0.5, 0.6) is 11.5 Å². The second-order valence-electron chi connectivity index (χ2n) is 6.06. The van der Waals surface area contributed by atoms with Gasteiger partial charge in [-0.05, 0) is 35.9 Å². The number of carbonyl (C=O) groups excluding carboxylic acids is 3. The molecule has 2 rings (SSSR count). The van der Waals surface area contributed by atoms with Crippen molar-refractivity contribution in [2.24, 2.45) is 0 Å². The van der Waals surface area contributed by atoms with E-state index in [0.717, 1.165) is 0 Å². The quantitative estimate of drug-likeness (QED) is 0.520. The minimum Gasteiger partial charge on any atom is -0.493 e. The molecule has 0 bridgehead atoms. The van der Waals surface area contributed by atoms with Crippen LogP contribution in [0.15, 0.2) is 42.5 Å². The molecule has 4 N–H and O–H groups in total. The van der Waals surface area contributed by atoms with Gasteiger partial charge in [0.1, 0.15) is 0 Å². The molecule has 1 unspecified atom stereocenters. The van der Waals surface area contributed by atoms with E-state index in [0.29, 0.717) is 28.4 Å². The van der Waals surface area contributed by atoms with Crippen LogP contribution in [-0.4, -0.2) is 43.6 Å². The minimum atomic E-state index is -1.05. The monoisotopic (exact) mass is 401 g/mol. The zero-order valence-electron chi connectivity index (χ0n) is 16.3. The summed E-state index contributed by atoms with van der Waals surface area (Å²) in [6.45, 7) is 1.19. The zero-order chi connectivity index (χ0) is 21.4. The summed E-state index contributed by atoms with van der Waals surface area (Å²) in [6, 6.07) is 11.2. The first-order valence-corrected chi connectivity index (χ1v) is 8.71. The van der Waals surface area contributed by atoms with Crippen LogP contribution in [0.4, 0.5) is 11.4 Å². The van der Waals surface area contributed by atoms with Crippen molar-refractivity contribution in [3.05, 3.63) is 48.0 Å². The van der Waals surface area contributed by atoms with Gasteiger partial charge in [-0.15, -0.1) is 0 Å². The summed E-state index contributed by atoms with van der Waals surface area (Å²) in [5.74, 6) is -1.12. The van der Waals surface area contributed by atoms with Gasteiger partial charge in [0, 0.05) is 24.8 Å². The summed E-state index contributed by atoms with van der Waals surface area (Å²) < 4.78 is 10.3. The summed E-state index contributed by atoms with van der Waals surface area (Å²) in [4.78, 5) is 35.2. The van der Waals surface area contributed by atoms with Gasteiger partial charge in [0.05, 0.1) is 20.3 Å². The van der Waals surface area contributed by atoms with E-state index >= 15 is 0 Å². The smallest absolute Gasteiger partial charge is 0.313 e. The number of hydrogen-bond donors (Lipinski definition) is 4. The lowest BCUT2D eigenvalue weighted by Crippen LogP contribution is -2.37. The van der Waals surface area contributed by atoms with Crippen LogP contribution in [0.2, 0.25) is 0 Å². The van der Waals surface area contributed by atoms with Crippen LogP contribution in [0.25, 0.3) is 0 Å². The Kier molecular flexibility index (Phi) is 7.55. The van der Waals surface area contributed by atoms with Crippen molar-refractivity contribution in [1.82, 2.24) is 5.32 Å². The average molecular weight is 401 g/mol. The lowest BCUT2D eigenvalue weighted by molar-refractivity contribution is -0.136. The third kappa shape index (κ3) is 6.22. The number of aliphatic hydroxyl groups is 1. The predicted molar refractivity (Wildman–Crippen MR) is 107 cm³/mol. The fourth-order valence-electron chi connectivity index (χ4n) is 2.51. The summed E-state index contributed by atoms with van der Waals surface area (Å²) in [5.41, 5.74) is 1.32. The highest BCUT2D eigenvalue weighted by Gasteiger charge is 2.17. The highest BCUT2D eigenvalue weighted by atomic mass is 16.5. The van der Waals surface area contributed by atoms with Crippen LogP contribution < -0.4 is 25.4 Å². The van der Waals surface area contributed by atoms with E-state index in [2.05, 4.69) is 16.0 Å². The van der Waals surface area contributed by atoms with Crippen molar-refractivity contribution in [1.29, 1.82) is 0 Å². The van der Waals surface area contributed by atoms with Crippen molar-refractivity contribution in [2.75, 3.05) is 31.4 Å². The van der Waals surface area contributed by atoms with Crippen LogP contribution >= 0.6 is 0 Å². The molecule has 0 radical (unpaired) electrons. The molecule has 154 valence electrons. The van der Waals surface area contributed by atoms with Gasteiger partial charge >= 0.3 is 11.8 Å². The number of rotatable bonds is 7. The highest BCUT2D eigenvalue weighted by molar-refractivity contribution is 6.39. The number of carbonyl (C=O) groups is 3. The second-order valence-corrected chi connectivity index (χ2v) is 6.06. The van der Waals surface area contributed by atoms with Crippen molar-refractivity contribution in [3.8, 4) is 11.5 Å². The largest absolute Gasteiger partial charge is 0.493 e. The molecule has 0 aliphatic carbocycles. The lowest BCUT2D eigenvalue weighted by atomic mass is 10.1. The van der Waals surface area contributed by atoms with Crippen LogP contribution in [0, 0.1) is 0 Å². The molecule has 9 nitrogen and oxygen atoms in total. The van der Waals surface area contributed by atoms with E-state index < -0.39 is 17.9 Å². The number of anilines is 2. The first kappa shape index (κ1) is 21.7. The fraction of sp³-hybridized carbons (Fsp3) is 0.250. The van der Waals surface area contributed by atoms with E-state index in [1.54, 1.807) is 36.4 Å². The third-order valence-corrected chi connectivity index (χ3v) is 3.90. The lowest BCUT2D eigenvalue weighted by Gasteiger charge is -2.15. The van der Waals surface area contributed by atoms with Gasteiger partial charge in [0.2, 0.25) is 5.91 Å². The van der Waals surface area contributed by atoms with E-state index in [9.17, 15) is 19.5 Å². The van der Waals surface area contributed by atoms with Crippen molar-refractivity contribution in [2.45, 2.75) is 13.0 Å². The Labute approximate surface area is 168 Å². The molecule has 0 aromatic heterocycles. The molecule has 29 heavy (non-hydrogen) atoms. The average Bonchev–Trinajstić information content (AvgIpc) is 2.70. The normalized spacial score (nSPS) is 11.2. The Balaban J connectivity index is 1.93. The second kappa shape index (κ2) is 10.1. The Morgan fingerprint density at radius 2 is 1.59 bits per heavy atom. The maximum atomic E-state index is 12.1. The zero-order valence-corrected chi connectivity index (χ0v) is 16.3. The Morgan fingerprint density at radius 3 is 2.21 bits per heavy atom. The molecular formula is C20H23N3O6. The number of nitrogens with one attached hydrogen (secondary N) is 3. The van der Waals surface area contributed by atoms with Crippen molar-refractivity contribution in [3.63, 3.8) is 0 Å². The first-order valence-electron chi connectivity index (χ1n) is 8.71. The highest BCUT2D eigenvalue weighted by Crippen LogP contribution is 2.29. The maximum Gasteiger partial charge on any atom is 0.313 e. The minimum absolute atomic E-state index is 0.173. The molecule has 0 spiro atoms. The van der Waals surface area contributed by atoms with Gasteiger partial charge in [0.15, 0.2) is 11.5 Å². The topological polar surface area (TPSA) is 126 Å². The molecule has 0 aliphatic heterocycles. The molecule has 2 aromatic carbocycles. The van der Waals surface area contributed by atoms with Gasteiger partial charge in [-0.25, -0.2) is 0 Å². The number of methoxy groups -OCH3 is 2. The molecule has 0 saturated carbocycles. The van der Waals surface area contributed by atoms with Crippen molar-refractivity contribution < 1.29 is 29.0 Å². The summed E-state index contributed by atoms with van der Waals surface area (Å²) >= 11 is 0. The van der Waals surface area contributed by atoms with E-state index in [4.69, 9.17) is 9.47 Å². The maximum absolute atomic E-state index is 12.1. The summed E-state index contributed by atoms with van der Waals surface area (Å²) in [5, 5.41) is 17.6. The van der Waals surface area contributed by atoms with Gasteiger partial charge in [-0.1, -0.05) is 12.1 Å². The Hall–Kier alpha value is -3.59. The molecule has 0 aliphatic rings. The van der Waals surface area contributed by atoms with Gasteiger partial charge in [-0.3, -0.25) is 14.4 Å². The number of ether oxygens (including phenoxy) is 2. The standard InChI is InChI=1S/C20H23N3O6/c1-12(24)22-14-5-4-6-15(10-14)23-20(27)19(26)21-11-16(25)13-7-8-17(28-2)18(9-13)29-3/h4-10,16,25H,11H2,1-3H3,(H,21,26)(H,22,24)(H,23,27). The number of benzene rings is 2. The van der Waals surface area contributed by atoms with Gasteiger partial charge in [0.25, 0.3) is 0 Å². The molecule has 2 aromatic rings. The first-order chi connectivity index (χ1) is 13.8. The number of amides is 3. The summed E-state index contributed by atoms with van der Waals surface area (Å²) in [6.07, 6.45) is -1.05. The molecule has 0 fully saturated rings. The Bertz CT molecular complexity index is 900. The van der Waals surface area contributed by atoms with Crippen LogP contribution in [0.3, 0.4) is 0 Å².